The predicted molar refractivity (Wildman–Crippen MR) is 128 cm³/mol. The second kappa shape index (κ2) is 8.08. The molecule has 0 N–H and O–H groups in total. The van der Waals surface area contributed by atoms with Crippen molar-refractivity contribution in [3.05, 3.63) is 98.9 Å². The van der Waals surface area contributed by atoms with Gasteiger partial charge in [0.05, 0.1) is 15.1 Å². The molecule has 0 saturated carbocycles. The minimum atomic E-state index is -0.214. The monoisotopic (exact) mass is 468 g/mol. The maximum Gasteiger partial charge on any atom is 0.267 e. The summed E-state index contributed by atoms with van der Waals surface area (Å²) in [4.78, 5) is 20.6. The molecule has 1 unspecified atom stereocenters. The smallest absolute Gasteiger partial charge is 0.267 e. The van der Waals surface area contributed by atoms with E-state index in [1.807, 2.05) is 78.9 Å². The molecular formula is C23H14Cl2N2OS2. The van der Waals surface area contributed by atoms with Crippen LogP contribution in [0.4, 0.5) is 5.13 Å². The van der Waals surface area contributed by atoms with E-state index in [4.69, 9.17) is 28.2 Å². The Balaban J connectivity index is 1.59. The van der Waals surface area contributed by atoms with Crippen LogP contribution in [0.2, 0.25) is 10.0 Å². The van der Waals surface area contributed by atoms with E-state index in [0.29, 0.717) is 20.1 Å². The fourth-order valence-corrected chi connectivity index (χ4v) is 5.80. The van der Waals surface area contributed by atoms with E-state index >= 15 is 0 Å². The molecular weight excluding hydrogens is 455 g/mol. The first kappa shape index (κ1) is 19.6. The number of aromatic nitrogens is 1. The first-order valence-electron chi connectivity index (χ1n) is 9.17. The molecule has 0 bridgehead atoms. The number of hydrogen-bond acceptors (Lipinski definition) is 4. The van der Waals surface area contributed by atoms with Crippen molar-refractivity contribution in [3.8, 4) is 0 Å². The molecule has 1 aliphatic rings. The van der Waals surface area contributed by atoms with Crippen molar-refractivity contribution >= 4 is 73.6 Å². The minimum absolute atomic E-state index is 0.0612. The number of thiazole rings is 1. The molecule has 3 nitrogen and oxygen atoms in total. The van der Waals surface area contributed by atoms with Gasteiger partial charge in [-0.25, -0.2) is 4.98 Å². The van der Waals surface area contributed by atoms with E-state index in [1.54, 1.807) is 4.90 Å². The van der Waals surface area contributed by atoms with Crippen LogP contribution in [-0.4, -0.2) is 10.9 Å². The summed E-state index contributed by atoms with van der Waals surface area (Å²) in [6.45, 7) is 0. The number of anilines is 1. The summed E-state index contributed by atoms with van der Waals surface area (Å²) < 4.78 is 1.05. The Morgan fingerprint density at radius 1 is 0.900 bits per heavy atom. The van der Waals surface area contributed by atoms with Crippen LogP contribution in [0.15, 0.2) is 77.7 Å². The highest BCUT2D eigenvalue weighted by Gasteiger charge is 2.40. The summed E-state index contributed by atoms with van der Waals surface area (Å²) in [6, 6.07) is 23.0. The van der Waals surface area contributed by atoms with Crippen molar-refractivity contribution in [2.75, 3.05) is 4.90 Å². The standard InChI is InChI=1S/C23H14Cl2N2OS2/c24-16-9-5-14(6-10-16)13-20-21(28)27(22(29-20)15-7-11-17(25)12-8-15)23-26-18-3-1-2-4-19(18)30-23/h1-13,22H/b20-13-. The molecule has 1 amide bonds. The van der Waals surface area contributed by atoms with Crippen molar-refractivity contribution < 1.29 is 4.79 Å². The normalized spacial score (nSPS) is 17.9. The largest absolute Gasteiger partial charge is 0.268 e. The second-order valence-corrected chi connectivity index (χ2v) is 9.73. The molecule has 30 heavy (non-hydrogen) atoms. The third-order valence-corrected chi connectivity index (χ3v) is 7.51. The Hall–Kier alpha value is -2.31. The second-order valence-electron chi connectivity index (χ2n) is 6.72. The van der Waals surface area contributed by atoms with Gasteiger partial charge in [0.25, 0.3) is 5.91 Å². The summed E-state index contributed by atoms with van der Waals surface area (Å²) in [6.07, 6.45) is 1.90. The van der Waals surface area contributed by atoms with Crippen molar-refractivity contribution in [1.82, 2.24) is 4.98 Å². The molecule has 1 aromatic heterocycles. The molecule has 3 aromatic carbocycles. The van der Waals surface area contributed by atoms with Crippen LogP contribution in [0.3, 0.4) is 0 Å². The van der Waals surface area contributed by atoms with E-state index in [0.717, 1.165) is 21.3 Å². The van der Waals surface area contributed by atoms with E-state index in [-0.39, 0.29) is 11.3 Å². The van der Waals surface area contributed by atoms with E-state index in [1.165, 1.54) is 23.1 Å². The first-order valence-corrected chi connectivity index (χ1v) is 11.6. The van der Waals surface area contributed by atoms with Crippen LogP contribution in [0.1, 0.15) is 16.5 Å². The van der Waals surface area contributed by atoms with Gasteiger partial charge in [-0.2, -0.15) is 0 Å². The molecule has 4 aromatic rings. The lowest BCUT2D eigenvalue weighted by atomic mass is 10.2. The van der Waals surface area contributed by atoms with Gasteiger partial charge in [0.15, 0.2) is 5.13 Å². The first-order chi connectivity index (χ1) is 14.6. The van der Waals surface area contributed by atoms with Gasteiger partial charge in [-0.05, 0) is 53.6 Å². The zero-order valence-corrected chi connectivity index (χ0v) is 18.6. The van der Waals surface area contributed by atoms with E-state index in [9.17, 15) is 4.79 Å². The Labute approximate surface area is 192 Å². The fraction of sp³-hybridized carbons (Fsp3) is 0.0435. The Morgan fingerprint density at radius 2 is 1.57 bits per heavy atom. The van der Waals surface area contributed by atoms with Crippen LogP contribution in [0, 0.1) is 0 Å². The number of carbonyl (C=O) groups is 1. The number of carbonyl (C=O) groups excluding carboxylic acids is 1. The lowest BCUT2D eigenvalue weighted by Crippen LogP contribution is -2.27. The molecule has 2 heterocycles. The number of rotatable bonds is 3. The summed E-state index contributed by atoms with van der Waals surface area (Å²) in [5.41, 5.74) is 2.81. The van der Waals surface area contributed by atoms with Gasteiger partial charge < -0.3 is 0 Å². The maximum atomic E-state index is 13.5. The Bertz CT molecular complexity index is 1230. The zero-order valence-electron chi connectivity index (χ0n) is 15.5. The minimum Gasteiger partial charge on any atom is -0.268 e. The van der Waals surface area contributed by atoms with Gasteiger partial charge in [0.1, 0.15) is 5.37 Å². The Kier molecular flexibility index (Phi) is 5.29. The van der Waals surface area contributed by atoms with Crippen LogP contribution < -0.4 is 4.90 Å². The number of benzene rings is 3. The van der Waals surface area contributed by atoms with Crippen LogP contribution in [-0.2, 0) is 4.79 Å². The quantitative estimate of drug-likeness (QED) is 0.293. The van der Waals surface area contributed by atoms with Crippen LogP contribution in [0.5, 0.6) is 0 Å². The number of thioether (sulfide) groups is 1. The number of fused-ring (bicyclic) bond motifs is 1. The number of nitrogens with zero attached hydrogens (tertiary/aromatic N) is 2. The van der Waals surface area contributed by atoms with Crippen LogP contribution >= 0.6 is 46.3 Å². The highest BCUT2D eigenvalue weighted by atomic mass is 35.5. The number of halogens is 2. The average Bonchev–Trinajstić information content (AvgIpc) is 3.31. The highest BCUT2D eigenvalue weighted by molar-refractivity contribution is 8.05. The van der Waals surface area contributed by atoms with Crippen molar-refractivity contribution in [1.29, 1.82) is 0 Å². The predicted octanol–water partition coefficient (Wildman–Crippen LogP) is 7.42. The van der Waals surface area contributed by atoms with Crippen molar-refractivity contribution in [2.45, 2.75) is 5.37 Å². The summed E-state index contributed by atoms with van der Waals surface area (Å²) >= 11 is 15.1. The molecule has 148 valence electrons. The summed E-state index contributed by atoms with van der Waals surface area (Å²) in [5.74, 6) is -0.0612. The molecule has 1 aliphatic heterocycles. The maximum absolute atomic E-state index is 13.5. The SMILES string of the molecule is O=C1/C(=C/c2ccc(Cl)cc2)SC(c2ccc(Cl)cc2)N1c1nc2ccccc2s1. The van der Waals surface area contributed by atoms with E-state index in [2.05, 4.69) is 0 Å². The van der Waals surface area contributed by atoms with Gasteiger partial charge >= 0.3 is 0 Å². The van der Waals surface area contributed by atoms with Crippen molar-refractivity contribution in [3.63, 3.8) is 0 Å². The average molecular weight is 469 g/mol. The highest BCUT2D eigenvalue weighted by Crippen LogP contribution is 2.49. The number of para-hydroxylation sites is 1. The molecule has 1 atom stereocenters. The molecule has 0 spiro atoms. The molecule has 0 aliphatic carbocycles. The summed E-state index contributed by atoms with van der Waals surface area (Å²) in [7, 11) is 0. The molecule has 7 heteroatoms. The lowest BCUT2D eigenvalue weighted by molar-refractivity contribution is -0.114. The number of hydrogen-bond donors (Lipinski definition) is 0. The van der Waals surface area contributed by atoms with Gasteiger partial charge in [0, 0.05) is 10.0 Å². The lowest BCUT2D eigenvalue weighted by Gasteiger charge is -2.20. The van der Waals surface area contributed by atoms with Gasteiger partial charge in [-0.3, -0.25) is 9.69 Å². The third-order valence-electron chi connectivity index (χ3n) is 4.71. The van der Waals surface area contributed by atoms with Crippen molar-refractivity contribution in [2.24, 2.45) is 0 Å². The third kappa shape index (κ3) is 3.74. The summed E-state index contributed by atoms with van der Waals surface area (Å²) in [5, 5.41) is 1.80. The van der Waals surface area contributed by atoms with Gasteiger partial charge in [-0.15, -0.1) is 0 Å². The molecule has 1 fully saturated rings. The molecule has 1 saturated heterocycles. The zero-order chi connectivity index (χ0) is 20.7. The van der Waals surface area contributed by atoms with Crippen LogP contribution in [0.25, 0.3) is 16.3 Å². The van der Waals surface area contributed by atoms with Gasteiger partial charge in [0.2, 0.25) is 0 Å². The number of amides is 1. The molecule has 5 rings (SSSR count). The van der Waals surface area contributed by atoms with Gasteiger partial charge in [-0.1, -0.05) is 82.7 Å². The topological polar surface area (TPSA) is 33.2 Å². The van der Waals surface area contributed by atoms with E-state index < -0.39 is 0 Å². The Morgan fingerprint density at radius 3 is 2.27 bits per heavy atom. The molecule has 0 radical (unpaired) electrons. The fourth-order valence-electron chi connectivity index (χ4n) is 3.25.